The Morgan fingerprint density at radius 3 is 2.50 bits per heavy atom. The highest BCUT2D eigenvalue weighted by Crippen LogP contribution is 2.29. The molecule has 0 fully saturated rings. The third kappa shape index (κ3) is 2.03. The standard InChI is InChI=1S/C11H12F2N2.ClH/c1-6-9(10(14)11(12)13)7-4-2-3-5-8(7)15-6;/h2-5,10-11,15H,14H2,1H3;1H/t10-;/m1./s1. The van der Waals surface area contributed by atoms with Crippen LogP contribution in [-0.4, -0.2) is 11.4 Å². The fourth-order valence-electron chi connectivity index (χ4n) is 1.85. The predicted molar refractivity (Wildman–Crippen MR) is 63.2 cm³/mol. The number of halogens is 3. The van der Waals surface area contributed by atoms with E-state index in [1.165, 1.54) is 0 Å². The van der Waals surface area contributed by atoms with Crippen LogP contribution in [0.3, 0.4) is 0 Å². The Kier molecular flexibility index (Phi) is 3.88. The van der Waals surface area contributed by atoms with Crippen molar-refractivity contribution in [2.45, 2.75) is 19.4 Å². The van der Waals surface area contributed by atoms with Crippen LogP contribution in [0.1, 0.15) is 17.3 Å². The largest absolute Gasteiger partial charge is 0.358 e. The monoisotopic (exact) mass is 246 g/mol. The van der Waals surface area contributed by atoms with Crippen molar-refractivity contribution in [1.29, 1.82) is 0 Å². The van der Waals surface area contributed by atoms with Crippen LogP contribution in [0.15, 0.2) is 24.3 Å². The van der Waals surface area contributed by atoms with Crippen LogP contribution in [0.25, 0.3) is 10.9 Å². The number of para-hydroxylation sites is 1. The Balaban J connectivity index is 0.00000128. The van der Waals surface area contributed by atoms with Crippen molar-refractivity contribution in [3.05, 3.63) is 35.5 Å². The van der Waals surface area contributed by atoms with Gasteiger partial charge in [-0.2, -0.15) is 0 Å². The van der Waals surface area contributed by atoms with Gasteiger partial charge in [-0.15, -0.1) is 12.4 Å². The lowest BCUT2D eigenvalue weighted by Gasteiger charge is -2.10. The zero-order valence-corrected chi connectivity index (χ0v) is 9.52. The van der Waals surface area contributed by atoms with Crippen LogP contribution in [0.5, 0.6) is 0 Å². The minimum absolute atomic E-state index is 0. The van der Waals surface area contributed by atoms with E-state index in [2.05, 4.69) is 4.98 Å². The number of aryl methyl sites for hydroxylation is 1. The van der Waals surface area contributed by atoms with E-state index < -0.39 is 12.5 Å². The van der Waals surface area contributed by atoms with Crippen LogP contribution in [-0.2, 0) is 0 Å². The predicted octanol–water partition coefficient (Wildman–Crippen LogP) is 3.16. The van der Waals surface area contributed by atoms with Gasteiger partial charge in [0.25, 0.3) is 6.43 Å². The molecular formula is C11H13ClF2N2. The molecule has 1 aromatic heterocycles. The van der Waals surface area contributed by atoms with Gasteiger partial charge in [-0.1, -0.05) is 18.2 Å². The lowest BCUT2D eigenvalue weighted by molar-refractivity contribution is 0.116. The molecule has 0 aliphatic rings. The number of H-pyrrole nitrogens is 1. The molecule has 1 aromatic carbocycles. The van der Waals surface area contributed by atoms with Gasteiger partial charge in [0.2, 0.25) is 0 Å². The maximum absolute atomic E-state index is 12.6. The van der Waals surface area contributed by atoms with Gasteiger partial charge in [-0.25, -0.2) is 8.78 Å². The van der Waals surface area contributed by atoms with Gasteiger partial charge >= 0.3 is 0 Å². The summed E-state index contributed by atoms with van der Waals surface area (Å²) >= 11 is 0. The molecule has 0 aliphatic carbocycles. The Morgan fingerprint density at radius 1 is 1.25 bits per heavy atom. The van der Waals surface area contributed by atoms with E-state index in [1.807, 2.05) is 18.2 Å². The summed E-state index contributed by atoms with van der Waals surface area (Å²) in [5.74, 6) is 0. The molecule has 0 bridgehead atoms. The van der Waals surface area contributed by atoms with E-state index in [-0.39, 0.29) is 12.4 Å². The summed E-state index contributed by atoms with van der Waals surface area (Å²) in [6.07, 6.45) is -2.54. The zero-order chi connectivity index (χ0) is 11.0. The summed E-state index contributed by atoms with van der Waals surface area (Å²) in [7, 11) is 0. The van der Waals surface area contributed by atoms with E-state index in [0.717, 1.165) is 10.9 Å². The lowest BCUT2D eigenvalue weighted by Crippen LogP contribution is -2.19. The maximum atomic E-state index is 12.6. The van der Waals surface area contributed by atoms with Gasteiger partial charge in [0.05, 0.1) is 6.04 Å². The Hall–Kier alpha value is -1.13. The van der Waals surface area contributed by atoms with E-state index in [0.29, 0.717) is 11.3 Å². The molecule has 0 amide bonds. The maximum Gasteiger partial charge on any atom is 0.257 e. The summed E-state index contributed by atoms with van der Waals surface area (Å²) in [6.45, 7) is 1.76. The number of hydrogen-bond acceptors (Lipinski definition) is 1. The smallest absolute Gasteiger partial charge is 0.257 e. The van der Waals surface area contributed by atoms with Crippen LogP contribution in [0, 0.1) is 6.92 Å². The van der Waals surface area contributed by atoms with E-state index in [1.54, 1.807) is 13.0 Å². The molecule has 1 heterocycles. The average Bonchev–Trinajstić information content (AvgIpc) is 2.52. The highest BCUT2D eigenvalue weighted by molar-refractivity contribution is 5.85. The Morgan fingerprint density at radius 2 is 1.88 bits per heavy atom. The number of hydrogen-bond donors (Lipinski definition) is 2. The van der Waals surface area contributed by atoms with Crippen molar-refractivity contribution in [3.63, 3.8) is 0 Å². The molecule has 88 valence electrons. The average molecular weight is 247 g/mol. The Bertz CT molecular complexity index is 482. The van der Waals surface area contributed by atoms with Crippen molar-refractivity contribution in [3.8, 4) is 0 Å². The summed E-state index contributed by atoms with van der Waals surface area (Å²) in [5.41, 5.74) is 7.55. The molecular weight excluding hydrogens is 234 g/mol. The zero-order valence-electron chi connectivity index (χ0n) is 8.71. The number of alkyl halides is 2. The SMILES string of the molecule is Cc1[nH]c2ccccc2c1[C@@H](N)C(F)F.Cl. The summed E-state index contributed by atoms with van der Waals surface area (Å²) in [5, 5.41) is 0.780. The first-order valence-electron chi connectivity index (χ1n) is 4.72. The number of nitrogens with one attached hydrogen (secondary N) is 1. The first kappa shape index (κ1) is 12.9. The van der Waals surface area contributed by atoms with E-state index >= 15 is 0 Å². The topological polar surface area (TPSA) is 41.8 Å². The normalized spacial score (nSPS) is 12.8. The quantitative estimate of drug-likeness (QED) is 0.840. The van der Waals surface area contributed by atoms with Crippen molar-refractivity contribution in [2.24, 2.45) is 5.73 Å². The molecule has 0 spiro atoms. The minimum atomic E-state index is -2.54. The first-order chi connectivity index (χ1) is 7.11. The van der Waals surface area contributed by atoms with Gasteiger partial charge in [-0.3, -0.25) is 0 Å². The molecule has 2 nitrogen and oxygen atoms in total. The lowest BCUT2D eigenvalue weighted by atomic mass is 10.0. The van der Waals surface area contributed by atoms with Crippen LogP contribution in [0.2, 0.25) is 0 Å². The summed E-state index contributed by atoms with van der Waals surface area (Å²) < 4.78 is 25.1. The second-order valence-corrected chi connectivity index (χ2v) is 3.57. The molecule has 16 heavy (non-hydrogen) atoms. The van der Waals surface area contributed by atoms with Crippen LogP contribution in [0.4, 0.5) is 8.78 Å². The van der Waals surface area contributed by atoms with E-state index in [9.17, 15) is 8.78 Å². The summed E-state index contributed by atoms with van der Waals surface area (Å²) in [4.78, 5) is 3.05. The number of rotatable bonds is 2. The Labute approximate surface area is 98.2 Å². The first-order valence-corrected chi connectivity index (χ1v) is 4.72. The number of benzene rings is 1. The van der Waals surface area contributed by atoms with Gasteiger partial charge in [0.15, 0.2) is 0 Å². The third-order valence-corrected chi connectivity index (χ3v) is 2.55. The van der Waals surface area contributed by atoms with Gasteiger partial charge in [0.1, 0.15) is 0 Å². The molecule has 0 unspecified atom stereocenters. The molecule has 2 rings (SSSR count). The highest BCUT2D eigenvalue weighted by Gasteiger charge is 2.22. The van der Waals surface area contributed by atoms with Crippen molar-refractivity contribution >= 4 is 23.3 Å². The molecule has 0 radical (unpaired) electrons. The van der Waals surface area contributed by atoms with Crippen molar-refractivity contribution < 1.29 is 8.78 Å². The number of fused-ring (bicyclic) bond motifs is 1. The van der Waals surface area contributed by atoms with E-state index in [4.69, 9.17) is 5.73 Å². The van der Waals surface area contributed by atoms with Crippen LogP contribution >= 0.6 is 12.4 Å². The second-order valence-electron chi connectivity index (χ2n) is 3.57. The van der Waals surface area contributed by atoms with Crippen LogP contribution < -0.4 is 5.73 Å². The molecule has 0 saturated heterocycles. The fourth-order valence-corrected chi connectivity index (χ4v) is 1.85. The number of nitrogens with two attached hydrogens (primary N) is 1. The second kappa shape index (κ2) is 4.80. The minimum Gasteiger partial charge on any atom is -0.358 e. The third-order valence-electron chi connectivity index (χ3n) is 2.55. The molecule has 5 heteroatoms. The van der Waals surface area contributed by atoms with Crippen molar-refractivity contribution in [1.82, 2.24) is 4.98 Å². The van der Waals surface area contributed by atoms with Gasteiger partial charge in [-0.05, 0) is 13.0 Å². The molecule has 1 atom stereocenters. The van der Waals surface area contributed by atoms with Gasteiger partial charge in [0, 0.05) is 22.2 Å². The molecule has 0 saturated carbocycles. The number of aromatic amines is 1. The highest BCUT2D eigenvalue weighted by atomic mass is 35.5. The summed E-state index contributed by atoms with van der Waals surface area (Å²) in [6, 6.07) is 6.11. The van der Waals surface area contributed by atoms with Gasteiger partial charge < -0.3 is 10.7 Å². The number of aromatic nitrogens is 1. The van der Waals surface area contributed by atoms with Crippen molar-refractivity contribution in [2.75, 3.05) is 0 Å². The molecule has 3 N–H and O–H groups in total. The molecule has 2 aromatic rings. The molecule has 0 aliphatic heterocycles. The fraction of sp³-hybridized carbons (Fsp3) is 0.273.